The van der Waals surface area contributed by atoms with Gasteiger partial charge >= 0.3 is 5.97 Å². The second-order valence-corrected chi connectivity index (χ2v) is 8.36. The summed E-state index contributed by atoms with van der Waals surface area (Å²) in [6.45, 7) is -0.652. The number of aromatic nitrogens is 2. The number of rotatable bonds is 16. The van der Waals surface area contributed by atoms with Crippen molar-refractivity contribution in [1.29, 1.82) is 0 Å². The molecule has 1 rings (SSSR count). The Morgan fingerprint density at radius 3 is 2.21 bits per heavy atom. The molecule has 34 heavy (non-hydrogen) atoms. The van der Waals surface area contributed by atoms with Gasteiger partial charge in [0.15, 0.2) is 0 Å². The highest BCUT2D eigenvalue weighted by Crippen LogP contribution is 2.06. The minimum atomic E-state index is -1.30. The van der Waals surface area contributed by atoms with E-state index in [9.17, 15) is 29.1 Å². The lowest BCUT2D eigenvalue weighted by Crippen LogP contribution is -2.58. The van der Waals surface area contributed by atoms with Crippen molar-refractivity contribution in [2.45, 2.75) is 49.9 Å². The number of amides is 4. The van der Waals surface area contributed by atoms with Gasteiger partial charge in [-0.15, -0.1) is 0 Å². The van der Waals surface area contributed by atoms with Gasteiger partial charge in [-0.3, -0.25) is 19.2 Å². The third-order valence-electron chi connectivity index (χ3n) is 4.68. The van der Waals surface area contributed by atoms with Gasteiger partial charge in [-0.25, -0.2) is 9.78 Å². The maximum Gasteiger partial charge on any atom is 0.326 e. The molecule has 0 saturated heterocycles. The first-order valence-corrected chi connectivity index (χ1v) is 11.7. The van der Waals surface area contributed by atoms with Crippen molar-refractivity contribution in [3.8, 4) is 0 Å². The fourth-order valence-corrected chi connectivity index (χ4v) is 3.25. The van der Waals surface area contributed by atoms with E-state index in [1.54, 1.807) is 6.26 Å². The minimum Gasteiger partial charge on any atom is -0.480 e. The van der Waals surface area contributed by atoms with Crippen LogP contribution in [0, 0.1) is 0 Å². The van der Waals surface area contributed by atoms with Gasteiger partial charge in [0.05, 0.1) is 12.9 Å². The molecule has 0 aromatic carbocycles. The van der Waals surface area contributed by atoms with E-state index < -0.39 is 60.4 Å². The molecular weight excluding hydrogens is 470 g/mol. The summed E-state index contributed by atoms with van der Waals surface area (Å²) >= 11 is 1.40. The number of aliphatic hydroxyl groups is 1. The first-order chi connectivity index (χ1) is 16.1. The van der Waals surface area contributed by atoms with E-state index in [4.69, 9.17) is 16.6 Å². The van der Waals surface area contributed by atoms with Gasteiger partial charge in [-0.05, 0) is 24.9 Å². The first-order valence-electron chi connectivity index (χ1n) is 10.3. The van der Waals surface area contributed by atoms with Gasteiger partial charge < -0.3 is 42.6 Å². The molecule has 0 fully saturated rings. The molecule has 10 N–H and O–H groups in total. The van der Waals surface area contributed by atoms with Crippen molar-refractivity contribution < 1.29 is 34.2 Å². The van der Waals surface area contributed by atoms with Crippen molar-refractivity contribution in [3.63, 3.8) is 0 Å². The zero-order valence-corrected chi connectivity index (χ0v) is 19.5. The second-order valence-electron chi connectivity index (χ2n) is 7.38. The molecule has 0 spiro atoms. The fraction of sp³-hybridized carbons (Fsp3) is 0.579. The zero-order chi connectivity index (χ0) is 25.7. The Hall–Kier alpha value is -3.17. The normalized spacial score (nSPS) is 14.3. The summed E-state index contributed by atoms with van der Waals surface area (Å²) in [5.41, 5.74) is 11.2. The fourth-order valence-electron chi connectivity index (χ4n) is 2.78. The Labute approximate surface area is 200 Å². The highest BCUT2D eigenvalue weighted by Gasteiger charge is 2.30. The standard InChI is InChI=1S/C19H31N7O7S/c1-34-5-4-13(19(32)33)25-17(30)12(2-3-15(21)28)24-18(31)14(6-10-7-22-9-23-10)26-16(29)11(20)8-27/h7,9,11-14,27H,2-6,8,20H2,1H3,(H2,21,28)(H,22,23)(H,24,31)(H,25,30)(H,26,29)(H,32,33). The van der Waals surface area contributed by atoms with E-state index in [0.717, 1.165) is 0 Å². The maximum atomic E-state index is 13.0. The number of aromatic amines is 1. The lowest BCUT2D eigenvalue weighted by Gasteiger charge is -2.24. The molecule has 14 nitrogen and oxygen atoms in total. The van der Waals surface area contributed by atoms with Crippen molar-refractivity contribution >= 4 is 41.4 Å². The van der Waals surface area contributed by atoms with Gasteiger partial charge in [-0.1, -0.05) is 0 Å². The van der Waals surface area contributed by atoms with Crippen LogP contribution in [-0.2, 0) is 30.4 Å². The van der Waals surface area contributed by atoms with Gasteiger partial charge in [0, 0.05) is 24.7 Å². The average Bonchev–Trinajstić information content (AvgIpc) is 3.30. The van der Waals surface area contributed by atoms with Crippen molar-refractivity contribution in [3.05, 3.63) is 18.2 Å². The number of carboxylic acids is 1. The van der Waals surface area contributed by atoms with Crippen molar-refractivity contribution in [1.82, 2.24) is 25.9 Å². The number of hydrogen-bond donors (Lipinski definition) is 8. The molecule has 4 unspecified atom stereocenters. The summed E-state index contributed by atoms with van der Waals surface area (Å²) in [4.78, 5) is 67.3. The van der Waals surface area contributed by atoms with Crippen LogP contribution in [0.2, 0.25) is 0 Å². The van der Waals surface area contributed by atoms with Crippen LogP contribution in [0.15, 0.2) is 12.5 Å². The number of nitrogens with zero attached hydrogens (tertiary/aromatic N) is 1. The monoisotopic (exact) mass is 501 g/mol. The van der Waals surface area contributed by atoms with Crippen LogP contribution in [0.3, 0.4) is 0 Å². The molecule has 0 aliphatic heterocycles. The maximum absolute atomic E-state index is 13.0. The number of aliphatic hydroxyl groups excluding tert-OH is 1. The molecule has 1 aromatic rings. The lowest BCUT2D eigenvalue weighted by atomic mass is 10.1. The number of carbonyl (C=O) groups excluding carboxylic acids is 4. The number of imidazole rings is 1. The number of carboxylic acid groups (broad SMARTS) is 1. The molecule has 1 aromatic heterocycles. The van der Waals surface area contributed by atoms with Crippen molar-refractivity contribution in [2.24, 2.45) is 11.5 Å². The molecule has 0 aliphatic carbocycles. The van der Waals surface area contributed by atoms with E-state index >= 15 is 0 Å². The Balaban J connectivity index is 3.03. The van der Waals surface area contributed by atoms with E-state index in [1.165, 1.54) is 24.3 Å². The van der Waals surface area contributed by atoms with Gasteiger partial charge in [0.25, 0.3) is 0 Å². The molecule has 15 heteroatoms. The van der Waals surface area contributed by atoms with E-state index in [1.807, 2.05) is 0 Å². The number of nitrogens with one attached hydrogen (secondary N) is 4. The zero-order valence-electron chi connectivity index (χ0n) is 18.7. The Bertz CT molecular complexity index is 837. The Morgan fingerprint density at radius 1 is 1.06 bits per heavy atom. The minimum absolute atomic E-state index is 0.0502. The van der Waals surface area contributed by atoms with E-state index in [2.05, 4.69) is 25.9 Å². The van der Waals surface area contributed by atoms with Crippen LogP contribution in [0.4, 0.5) is 0 Å². The predicted molar refractivity (Wildman–Crippen MR) is 122 cm³/mol. The topological polar surface area (TPSA) is 243 Å². The molecule has 0 radical (unpaired) electrons. The van der Waals surface area contributed by atoms with Crippen LogP contribution in [0.5, 0.6) is 0 Å². The van der Waals surface area contributed by atoms with Crippen LogP contribution >= 0.6 is 11.8 Å². The van der Waals surface area contributed by atoms with Crippen molar-refractivity contribution in [2.75, 3.05) is 18.6 Å². The molecule has 0 aliphatic rings. The molecule has 0 saturated carbocycles. The van der Waals surface area contributed by atoms with E-state index in [-0.39, 0.29) is 25.7 Å². The third-order valence-corrected chi connectivity index (χ3v) is 5.33. The van der Waals surface area contributed by atoms with Crippen LogP contribution < -0.4 is 27.4 Å². The number of primary amides is 1. The average molecular weight is 502 g/mol. The van der Waals surface area contributed by atoms with E-state index in [0.29, 0.717) is 11.4 Å². The Kier molecular flexibility index (Phi) is 12.6. The van der Waals surface area contributed by atoms with Gasteiger partial charge in [-0.2, -0.15) is 11.8 Å². The highest BCUT2D eigenvalue weighted by molar-refractivity contribution is 7.98. The smallest absolute Gasteiger partial charge is 0.326 e. The van der Waals surface area contributed by atoms with Crippen LogP contribution in [-0.4, -0.2) is 92.6 Å². The number of carbonyl (C=O) groups is 5. The SMILES string of the molecule is CSCCC(NC(=O)C(CCC(N)=O)NC(=O)C(Cc1cnc[nH]1)NC(=O)C(N)CO)C(=O)O. The molecule has 4 amide bonds. The van der Waals surface area contributed by atoms with Crippen LogP contribution in [0.1, 0.15) is 25.0 Å². The number of aliphatic carboxylic acids is 1. The van der Waals surface area contributed by atoms with Crippen LogP contribution in [0.25, 0.3) is 0 Å². The highest BCUT2D eigenvalue weighted by atomic mass is 32.2. The summed E-state index contributed by atoms with van der Waals surface area (Å²) in [5.74, 6) is -3.91. The molecule has 4 atom stereocenters. The summed E-state index contributed by atoms with van der Waals surface area (Å²) in [5, 5.41) is 25.7. The quantitative estimate of drug-likeness (QED) is 0.113. The largest absolute Gasteiger partial charge is 0.480 e. The summed E-state index contributed by atoms with van der Waals surface area (Å²) in [6.07, 6.45) is 4.24. The molecule has 1 heterocycles. The second kappa shape index (κ2) is 14.9. The first kappa shape index (κ1) is 28.9. The molecule has 0 bridgehead atoms. The number of hydrogen-bond acceptors (Lipinski definition) is 9. The number of thioether (sulfide) groups is 1. The number of H-pyrrole nitrogens is 1. The summed E-state index contributed by atoms with van der Waals surface area (Å²) in [6, 6.07) is -5.00. The summed E-state index contributed by atoms with van der Waals surface area (Å²) in [7, 11) is 0. The van der Waals surface area contributed by atoms with Gasteiger partial charge in [0.1, 0.15) is 24.2 Å². The Morgan fingerprint density at radius 2 is 1.68 bits per heavy atom. The van der Waals surface area contributed by atoms with Gasteiger partial charge in [0.2, 0.25) is 23.6 Å². The molecule has 190 valence electrons. The summed E-state index contributed by atoms with van der Waals surface area (Å²) < 4.78 is 0. The number of nitrogens with two attached hydrogens (primary N) is 2. The lowest BCUT2D eigenvalue weighted by molar-refractivity contribution is -0.142. The third kappa shape index (κ3) is 10.2. The predicted octanol–water partition coefficient (Wildman–Crippen LogP) is -3.17. The molecular formula is C19H31N7O7S.